The van der Waals surface area contributed by atoms with E-state index in [1.165, 1.54) is 18.3 Å². The van der Waals surface area contributed by atoms with Gasteiger partial charge in [-0.25, -0.2) is 4.79 Å². The summed E-state index contributed by atoms with van der Waals surface area (Å²) in [5, 5.41) is 61.2. The largest absolute Gasteiger partial charge is 0.462 e. The van der Waals surface area contributed by atoms with Crippen LogP contribution in [0.25, 0.3) is 11.1 Å². The van der Waals surface area contributed by atoms with Crippen molar-refractivity contribution in [2.75, 3.05) is 13.2 Å². The van der Waals surface area contributed by atoms with Crippen LogP contribution in [-0.4, -0.2) is 103 Å². The highest BCUT2D eigenvalue weighted by Gasteiger charge is 2.48. The molecule has 36 heavy (non-hydrogen) atoms. The van der Waals surface area contributed by atoms with Crippen molar-refractivity contribution in [1.82, 2.24) is 9.97 Å². The van der Waals surface area contributed by atoms with Gasteiger partial charge in [0.25, 0.3) is 5.56 Å². The Morgan fingerprint density at radius 2 is 1.64 bits per heavy atom. The zero-order valence-electron chi connectivity index (χ0n) is 19.1. The maximum absolute atomic E-state index is 12.0. The molecule has 0 aliphatic carbocycles. The molecule has 0 radical (unpaired) electrons. The predicted molar refractivity (Wildman–Crippen MR) is 122 cm³/mol. The Morgan fingerprint density at radius 3 is 2.28 bits per heavy atom. The standard InChI is InChI=1S/C23H30N2O11/c26-8-12-5-15(28)20(31)16(34-12)6-13-18(29)17(9-27)36-22(19(13)30)35-11-3-1-10(2-4-11)14-7-24-23(33)25-21(14)32/h1-4,7,12-13,15-20,22,26-31H,5-6,8-9H2,(H2,24,25,32,33)/t12?,13?,15?,16-,17?,18+,19?,20?,22+/m1/s1. The first-order valence-corrected chi connectivity index (χ1v) is 11.6. The van der Waals surface area contributed by atoms with Crippen LogP contribution in [0, 0.1) is 5.92 Å². The Bertz CT molecular complexity index is 1120. The summed E-state index contributed by atoms with van der Waals surface area (Å²) in [7, 11) is 0. The Labute approximate surface area is 204 Å². The van der Waals surface area contributed by atoms with Gasteiger partial charge < -0.3 is 49.8 Å². The topological polar surface area (TPSA) is 215 Å². The Morgan fingerprint density at radius 1 is 0.917 bits per heavy atom. The van der Waals surface area contributed by atoms with E-state index in [0.717, 1.165) is 0 Å². The van der Waals surface area contributed by atoms with Crippen LogP contribution >= 0.6 is 0 Å². The van der Waals surface area contributed by atoms with Gasteiger partial charge in [0.15, 0.2) is 0 Å². The molecule has 2 aliphatic rings. The number of aromatic nitrogens is 2. The zero-order valence-corrected chi connectivity index (χ0v) is 19.1. The van der Waals surface area contributed by atoms with Crippen LogP contribution in [0.3, 0.4) is 0 Å². The number of aromatic amines is 2. The van der Waals surface area contributed by atoms with Crippen LogP contribution in [-0.2, 0) is 9.47 Å². The van der Waals surface area contributed by atoms with Gasteiger partial charge in [0.05, 0.1) is 43.2 Å². The Kier molecular flexibility index (Phi) is 8.22. The molecule has 9 atom stereocenters. The van der Waals surface area contributed by atoms with Crippen molar-refractivity contribution < 1.29 is 44.8 Å². The fourth-order valence-electron chi connectivity index (χ4n) is 4.63. The molecule has 0 bridgehead atoms. The molecular formula is C23H30N2O11. The van der Waals surface area contributed by atoms with Gasteiger partial charge in [-0.3, -0.25) is 9.78 Å². The highest BCUT2D eigenvalue weighted by Crippen LogP contribution is 2.34. The van der Waals surface area contributed by atoms with Gasteiger partial charge in [-0.2, -0.15) is 0 Å². The lowest BCUT2D eigenvalue weighted by Crippen LogP contribution is -2.59. The molecule has 6 unspecified atom stereocenters. The van der Waals surface area contributed by atoms with E-state index in [-0.39, 0.29) is 30.8 Å². The molecule has 0 saturated carbocycles. The summed E-state index contributed by atoms with van der Waals surface area (Å²) >= 11 is 0. The van der Waals surface area contributed by atoms with E-state index in [9.17, 15) is 40.2 Å². The second-order valence-electron chi connectivity index (χ2n) is 9.01. The van der Waals surface area contributed by atoms with Crippen molar-refractivity contribution in [3.63, 3.8) is 0 Å². The lowest BCUT2D eigenvalue weighted by molar-refractivity contribution is -0.273. The molecular weight excluding hydrogens is 480 g/mol. The van der Waals surface area contributed by atoms with Gasteiger partial charge in [0.2, 0.25) is 6.29 Å². The number of H-pyrrole nitrogens is 2. The SMILES string of the molecule is O=c1[nH]cc(-c2ccc(O[C@H]3OC(CO)[C@@H](O)C(C[C@H]4OC(CO)CC(O)C4O)C3O)cc2)c(=O)[nH]1. The minimum absolute atomic E-state index is 0.0407. The third-order valence-corrected chi connectivity index (χ3v) is 6.62. The minimum Gasteiger partial charge on any atom is -0.462 e. The van der Waals surface area contributed by atoms with Crippen LogP contribution in [0.1, 0.15) is 12.8 Å². The zero-order chi connectivity index (χ0) is 26.0. The van der Waals surface area contributed by atoms with E-state index in [1.807, 2.05) is 0 Å². The molecule has 198 valence electrons. The molecule has 4 rings (SSSR count). The number of benzene rings is 1. The monoisotopic (exact) mass is 510 g/mol. The number of rotatable bonds is 7. The summed E-state index contributed by atoms with van der Waals surface area (Å²) in [5.74, 6) is -0.718. The fraction of sp³-hybridized carbons (Fsp3) is 0.565. The van der Waals surface area contributed by atoms with Crippen LogP contribution in [0.5, 0.6) is 5.75 Å². The van der Waals surface area contributed by atoms with Gasteiger partial charge in [-0.1, -0.05) is 12.1 Å². The summed E-state index contributed by atoms with van der Waals surface area (Å²) in [5.41, 5.74) is -0.475. The smallest absolute Gasteiger partial charge is 0.325 e. The first-order valence-electron chi connectivity index (χ1n) is 11.6. The third kappa shape index (κ3) is 5.53. The van der Waals surface area contributed by atoms with Crippen LogP contribution < -0.4 is 16.0 Å². The summed E-state index contributed by atoms with van der Waals surface area (Å²) in [6, 6.07) is 6.15. The average molecular weight is 510 g/mol. The number of ether oxygens (including phenoxy) is 3. The van der Waals surface area contributed by atoms with Crippen LogP contribution in [0.2, 0.25) is 0 Å². The van der Waals surface area contributed by atoms with Gasteiger partial charge in [-0.05, 0) is 24.1 Å². The van der Waals surface area contributed by atoms with Crippen LogP contribution in [0.4, 0.5) is 0 Å². The maximum atomic E-state index is 12.0. The molecule has 2 fully saturated rings. The first-order chi connectivity index (χ1) is 17.2. The first kappa shape index (κ1) is 26.4. The summed E-state index contributed by atoms with van der Waals surface area (Å²) < 4.78 is 17.0. The van der Waals surface area contributed by atoms with E-state index < -0.39 is 72.8 Å². The van der Waals surface area contributed by atoms with Crippen molar-refractivity contribution in [1.29, 1.82) is 0 Å². The normalized spacial score (nSPS) is 34.9. The lowest BCUT2D eigenvalue weighted by atomic mass is 9.82. The summed E-state index contributed by atoms with van der Waals surface area (Å²) in [6.07, 6.45) is -8.10. The number of nitrogens with one attached hydrogen (secondary N) is 2. The summed E-state index contributed by atoms with van der Waals surface area (Å²) in [6.45, 7) is -0.945. The highest BCUT2D eigenvalue weighted by molar-refractivity contribution is 5.62. The molecule has 2 aromatic rings. The second-order valence-corrected chi connectivity index (χ2v) is 9.01. The molecule has 3 heterocycles. The van der Waals surface area contributed by atoms with Gasteiger partial charge >= 0.3 is 5.69 Å². The Hall–Kier alpha value is -2.62. The molecule has 13 heteroatoms. The van der Waals surface area contributed by atoms with E-state index in [0.29, 0.717) is 5.56 Å². The maximum Gasteiger partial charge on any atom is 0.325 e. The highest BCUT2D eigenvalue weighted by atomic mass is 16.7. The van der Waals surface area contributed by atoms with Crippen molar-refractivity contribution in [2.24, 2.45) is 5.92 Å². The van der Waals surface area contributed by atoms with Crippen LogP contribution in [0.15, 0.2) is 40.1 Å². The number of hydrogen-bond acceptors (Lipinski definition) is 11. The molecule has 2 saturated heterocycles. The Balaban J connectivity index is 1.50. The molecule has 0 spiro atoms. The quantitative estimate of drug-likeness (QED) is 0.194. The number of aliphatic hydroxyl groups is 6. The number of aliphatic hydroxyl groups excluding tert-OH is 6. The van der Waals surface area contributed by atoms with Crippen molar-refractivity contribution >= 4 is 0 Å². The van der Waals surface area contributed by atoms with E-state index in [4.69, 9.17) is 14.2 Å². The lowest BCUT2D eigenvalue weighted by Gasteiger charge is -2.45. The van der Waals surface area contributed by atoms with E-state index >= 15 is 0 Å². The molecule has 0 amide bonds. The van der Waals surface area contributed by atoms with E-state index in [2.05, 4.69) is 9.97 Å². The number of hydrogen-bond donors (Lipinski definition) is 8. The predicted octanol–water partition coefficient (Wildman–Crippen LogP) is -2.57. The van der Waals surface area contributed by atoms with Crippen molar-refractivity contribution in [3.05, 3.63) is 51.3 Å². The van der Waals surface area contributed by atoms with Gasteiger partial charge in [-0.15, -0.1) is 0 Å². The van der Waals surface area contributed by atoms with Gasteiger partial charge in [0.1, 0.15) is 24.1 Å². The fourth-order valence-corrected chi connectivity index (χ4v) is 4.63. The molecule has 1 aromatic carbocycles. The molecule has 1 aromatic heterocycles. The molecule has 8 N–H and O–H groups in total. The molecule has 13 nitrogen and oxygen atoms in total. The third-order valence-electron chi connectivity index (χ3n) is 6.62. The van der Waals surface area contributed by atoms with E-state index in [1.54, 1.807) is 12.1 Å². The second kappa shape index (κ2) is 11.2. The van der Waals surface area contributed by atoms with Crippen molar-refractivity contribution in [2.45, 2.75) is 61.9 Å². The van der Waals surface area contributed by atoms with Crippen molar-refractivity contribution in [3.8, 4) is 16.9 Å². The minimum atomic E-state index is -1.41. The molecule has 2 aliphatic heterocycles. The average Bonchev–Trinajstić information content (AvgIpc) is 2.86. The van der Waals surface area contributed by atoms with Gasteiger partial charge in [0, 0.05) is 18.5 Å². The summed E-state index contributed by atoms with van der Waals surface area (Å²) in [4.78, 5) is 27.7.